The van der Waals surface area contributed by atoms with Crippen molar-refractivity contribution in [2.45, 2.75) is 24.5 Å². The molecule has 2 aromatic carbocycles. The summed E-state index contributed by atoms with van der Waals surface area (Å²) in [5.41, 5.74) is 0.0586. The Kier molecular flexibility index (Phi) is 8.06. The van der Waals surface area contributed by atoms with Crippen LogP contribution in [0.25, 0.3) is 0 Å². The SMILES string of the molecule is COc1ccc(SCC(=O)O[C@H](C)C(=O)Nc2ccccc2OC(F)F)cc1. The summed E-state index contributed by atoms with van der Waals surface area (Å²) in [6.07, 6.45) is -1.11. The van der Waals surface area contributed by atoms with Crippen LogP contribution in [0.15, 0.2) is 53.4 Å². The van der Waals surface area contributed by atoms with Crippen LogP contribution < -0.4 is 14.8 Å². The number of amides is 1. The molecule has 1 amide bonds. The molecule has 0 spiro atoms. The second kappa shape index (κ2) is 10.5. The highest BCUT2D eigenvalue weighted by molar-refractivity contribution is 8.00. The molecule has 2 rings (SSSR count). The summed E-state index contributed by atoms with van der Waals surface area (Å²) in [4.78, 5) is 25.0. The van der Waals surface area contributed by atoms with E-state index in [2.05, 4.69) is 10.1 Å². The van der Waals surface area contributed by atoms with E-state index in [0.29, 0.717) is 5.75 Å². The highest BCUT2D eigenvalue weighted by atomic mass is 32.2. The quantitative estimate of drug-likeness (QED) is 0.497. The number of thioether (sulfide) groups is 1. The third-order valence-electron chi connectivity index (χ3n) is 3.45. The van der Waals surface area contributed by atoms with Crippen molar-refractivity contribution in [2.75, 3.05) is 18.2 Å². The molecule has 6 nitrogen and oxygen atoms in total. The number of halogens is 2. The van der Waals surface area contributed by atoms with Crippen LogP contribution in [0.5, 0.6) is 11.5 Å². The molecule has 0 aliphatic carbocycles. The lowest BCUT2D eigenvalue weighted by atomic mass is 10.2. The minimum Gasteiger partial charge on any atom is -0.497 e. The Labute approximate surface area is 165 Å². The molecule has 0 saturated carbocycles. The van der Waals surface area contributed by atoms with Crippen LogP contribution in [0.3, 0.4) is 0 Å². The van der Waals surface area contributed by atoms with Crippen molar-refractivity contribution in [1.82, 2.24) is 0 Å². The van der Waals surface area contributed by atoms with Crippen molar-refractivity contribution in [3.8, 4) is 11.5 Å². The second-order valence-electron chi connectivity index (χ2n) is 5.46. The molecule has 28 heavy (non-hydrogen) atoms. The van der Waals surface area contributed by atoms with Gasteiger partial charge in [-0.1, -0.05) is 12.1 Å². The van der Waals surface area contributed by atoms with Gasteiger partial charge in [-0.15, -0.1) is 11.8 Å². The first-order valence-corrected chi connectivity index (χ1v) is 9.18. The third kappa shape index (κ3) is 6.73. The summed E-state index contributed by atoms with van der Waals surface area (Å²) in [6, 6.07) is 12.9. The standard InChI is InChI=1S/C19H19F2NO5S/c1-12(18(24)22-15-5-3-4-6-16(15)27-19(20)21)26-17(23)11-28-14-9-7-13(25-2)8-10-14/h3-10,12,19H,11H2,1-2H3,(H,22,24)/t12-/m1/s1. The van der Waals surface area contributed by atoms with Crippen LogP contribution in [0.2, 0.25) is 0 Å². The van der Waals surface area contributed by atoms with E-state index in [9.17, 15) is 18.4 Å². The summed E-state index contributed by atoms with van der Waals surface area (Å²) in [7, 11) is 1.56. The van der Waals surface area contributed by atoms with Gasteiger partial charge in [-0.05, 0) is 43.3 Å². The number of methoxy groups -OCH3 is 1. The molecule has 0 radical (unpaired) electrons. The number of para-hydroxylation sites is 2. The van der Waals surface area contributed by atoms with Gasteiger partial charge in [0.15, 0.2) is 6.10 Å². The fraction of sp³-hybridized carbons (Fsp3) is 0.263. The molecular weight excluding hydrogens is 392 g/mol. The molecule has 0 heterocycles. The average Bonchev–Trinajstić information content (AvgIpc) is 2.67. The summed E-state index contributed by atoms with van der Waals surface area (Å²) in [5, 5.41) is 2.41. The van der Waals surface area contributed by atoms with Gasteiger partial charge < -0.3 is 19.5 Å². The number of carbonyl (C=O) groups excluding carboxylic acids is 2. The smallest absolute Gasteiger partial charge is 0.387 e. The molecule has 0 aliphatic heterocycles. The predicted molar refractivity (Wildman–Crippen MR) is 101 cm³/mol. The van der Waals surface area contributed by atoms with Gasteiger partial charge in [0.05, 0.1) is 18.6 Å². The fourth-order valence-corrected chi connectivity index (χ4v) is 2.78. The molecule has 0 unspecified atom stereocenters. The summed E-state index contributed by atoms with van der Waals surface area (Å²) in [6.45, 7) is -1.63. The van der Waals surface area contributed by atoms with Gasteiger partial charge in [0.2, 0.25) is 0 Å². The maximum Gasteiger partial charge on any atom is 0.387 e. The Balaban J connectivity index is 1.85. The van der Waals surface area contributed by atoms with Crippen molar-refractivity contribution in [1.29, 1.82) is 0 Å². The van der Waals surface area contributed by atoms with E-state index >= 15 is 0 Å². The zero-order chi connectivity index (χ0) is 20.5. The highest BCUT2D eigenvalue weighted by Gasteiger charge is 2.20. The highest BCUT2D eigenvalue weighted by Crippen LogP contribution is 2.26. The molecule has 150 valence electrons. The van der Waals surface area contributed by atoms with Gasteiger partial charge in [0, 0.05) is 4.90 Å². The molecule has 0 saturated heterocycles. The van der Waals surface area contributed by atoms with E-state index in [1.165, 1.54) is 36.9 Å². The largest absolute Gasteiger partial charge is 0.497 e. The van der Waals surface area contributed by atoms with E-state index in [4.69, 9.17) is 9.47 Å². The lowest BCUT2D eigenvalue weighted by Crippen LogP contribution is -2.30. The molecule has 0 bridgehead atoms. The molecular formula is C19H19F2NO5S. The topological polar surface area (TPSA) is 73.9 Å². The molecule has 0 fully saturated rings. The first kappa shape index (κ1) is 21.5. The number of hydrogen-bond acceptors (Lipinski definition) is 6. The molecule has 2 aromatic rings. The number of ether oxygens (including phenoxy) is 3. The maximum absolute atomic E-state index is 12.4. The summed E-state index contributed by atoms with van der Waals surface area (Å²) in [5.74, 6) is -0.712. The zero-order valence-electron chi connectivity index (χ0n) is 15.2. The van der Waals surface area contributed by atoms with Crippen LogP contribution in [0.1, 0.15) is 6.92 Å². The maximum atomic E-state index is 12.4. The van der Waals surface area contributed by atoms with Crippen LogP contribution >= 0.6 is 11.8 Å². The summed E-state index contributed by atoms with van der Waals surface area (Å²) < 4.78 is 39.3. The second-order valence-corrected chi connectivity index (χ2v) is 6.51. The molecule has 9 heteroatoms. The molecule has 0 aromatic heterocycles. The Morgan fingerprint density at radius 2 is 1.79 bits per heavy atom. The Hall–Kier alpha value is -2.81. The Morgan fingerprint density at radius 3 is 2.43 bits per heavy atom. The first-order valence-electron chi connectivity index (χ1n) is 8.20. The van der Waals surface area contributed by atoms with Crippen LogP contribution in [0, 0.1) is 0 Å². The van der Waals surface area contributed by atoms with Gasteiger partial charge in [0.25, 0.3) is 5.91 Å². The molecule has 0 aliphatic rings. The van der Waals surface area contributed by atoms with Crippen molar-refractivity contribution >= 4 is 29.3 Å². The van der Waals surface area contributed by atoms with Crippen molar-refractivity contribution < 1.29 is 32.6 Å². The van der Waals surface area contributed by atoms with Crippen molar-refractivity contribution in [2.24, 2.45) is 0 Å². The van der Waals surface area contributed by atoms with Gasteiger partial charge in [-0.2, -0.15) is 8.78 Å². The monoisotopic (exact) mass is 411 g/mol. The van der Waals surface area contributed by atoms with Crippen molar-refractivity contribution in [3.63, 3.8) is 0 Å². The minimum atomic E-state index is -3.02. The molecule has 1 atom stereocenters. The van der Waals surface area contributed by atoms with Crippen molar-refractivity contribution in [3.05, 3.63) is 48.5 Å². The van der Waals surface area contributed by atoms with Crippen LogP contribution in [-0.4, -0.2) is 37.5 Å². The van der Waals surface area contributed by atoms with E-state index in [-0.39, 0.29) is 17.2 Å². The Bertz CT molecular complexity index is 801. The lowest BCUT2D eigenvalue weighted by molar-refractivity contribution is -0.150. The minimum absolute atomic E-state index is 0.00896. The average molecular weight is 411 g/mol. The predicted octanol–water partition coefficient (Wildman–Crippen LogP) is 3.96. The van der Waals surface area contributed by atoms with Crippen LogP contribution in [-0.2, 0) is 14.3 Å². The number of benzene rings is 2. The summed E-state index contributed by atoms with van der Waals surface area (Å²) >= 11 is 1.25. The van der Waals surface area contributed by atoms with Gasteiger partial charge in [0.1, 0.15) is 11.5 Å². The fourth-order valence-electron chi connectivity index (χ4n) is 2.10. The number of hydrogen-bond donors (Lipinski definition) is 1. The van der Waals surface area contributed by atoms with E-state index in [1.807, 2.05) is 0 Å². The van der Waals surface area contributed by atoms with E-state index < -0.39 is 24.6 Å². The number of nitrogens with one attached hydrogen (secondary N) is 1. The number of alkyl halides is 2. The lowest BCUT2D eigenvalue weighted by Gasteiger charge is -2.15. The van der Waals surface area contributed by atoms with E-state index in [0.717, 1.165) is 4.90 Å². The zero-order valence-corrected chi connectivity index (χ0v) is 16.0. The number of carbonyl (C=O) groups is 2. The number of esters is 1. The normalized spacial score (nSPS) is 11.6. The van der Waals surface area contributed by atoms with Gasteiger partial charge >= 0.3 is 12.6 Å². The van der Waals surface area contributed by atoms with Crippen LogP contribution in [0.4, 0.5) is 14.5 Å². The third-order valence-corrected chi connectivity index (χ3v) is 4.44. The first-order chi connectivity index (χ1) is 13.4. The van der Waals surface area contributed by atoms with Gasteiger partial charge in [-0.25, -0.2) is 0 Å². The van der Waals surface area contributed by atoms with Gasteiger partial charge in [-0.3, -0.25) is 9.59 Å². The van der Waals surface area contributed by atoms with E-state index in [1.54, 1.807) is 37.4 Å². The number of rotatable bonds is 9. The Morgan fingerprint density at radius 1 is 1.11 bits per heavy atom. The number of anilines is 1. The molecule has 1 N–H and O–H groups in total.